The molecule has 0 atom stereocenters. The zero-order valence-corrected chi connectivity index (χ0v) is 9.01. The van der Waals surface area contributed by atoms with Crippen molar-refractivity contribution < 1.29 is 0 Å². The summed E-state index contributed by atoms with van der Waals surface area (Å²) in [6.07, 6.45) is 1.53. The molecule has 0 saturated heterocycles. The van der Waals surface area contributed by atoms with Gasteiger partial charge in [0, 0.05) is 5.56 Å². The maximum atomic E-state index is 5.98. The molecule has 4 rings (SSSR count). The van der Waals surface area contributed by atoms with Crippen molar-refractivity contribution in [2.45, 2.75) is 0 Å². The van der Waals surface area contributed by atoms with E-state index in [0.29, 0.717) is 5.82 Å². The van der Waals surface area contributed by atoms with Gasteiger partial charge in [-0.15, -0.1) is 0 Å². The minimum Gasteiger partial charge on any atom is -0.383 e. The Labute approximate surface area is 97.9 Å². The average molecular weight is 219 g/mol. The number of aromatic nitrogens is 2. The SMILES string of the molecule is Nc1ncnc2c1-c1cccc3cccc-2c13. The van der Waals surface area contributed by atoms with Crippen LogP contribution in [0.3, 0.4) is 0 Å². The number of nitrogen functional groups attached to an aromatic ring is 1. The molecule has 1 aliphatic rings. The Morgan fingerprint density at radius 3 is 2.47 bits per heavy atom. The third-order valence-electron chi connectivity index (χ3n) is 3.31. The normalized spacial score (nSPS) is 11.8. The van der Waals surface area contributed by atoms with Gasteiger partial charge in [0.1, 0.15) is 12.1 Å². The molecular formula is C14H9N3. The molecule has 80 valence electrons. The molecule has 0 saturated carbocycles. The Bertz CT molecular complexity index is 757. The first-order valence-electron chi connectivity index (χ1n) is 5.49. The summed E-state index contributed by atoms with van der Waals surface area (Å²) in [6, 6.07) is 12.5. The van der Waals surface area contributed by atoms with Crippen molar-refractivity contribution in [3.63, 3.8) is 0 Å². The number of rotatable bonds is 0. The molecule has 0 fully saturated rings. The fourth-order valence-electron chi connectivity index (χ4n) is 2.62. The van der Waals surface area contributed by atoms with Crippen LogP contribution in [0.5, 0.6) is 0 Å². The molecule has 1 heterocycles. The van der Waals surface area contributed by atoms with Gasteiger partial charge in [-0.25, -0.2) is 9.97 Å². The van der Waals surface area contributed by atoms with E-state index in [1.807, 2.05) is 6.07 Å². The summed E-state index contributed by atoms with van der Waals surface area (Å²) in [6.45, 7) is 0. The molecule has 0 aliphatic heterocycles. The first-order valence-corrected chi connectivity index (χ1v) is 5.49. The van der Waals surface area contributed by atoms with Gasteiger partial charge in [0.15, 0.2) is 0 Å². The molecule has 0 radical (unpaired) electrons. The molecule has 1 aromatic heterocycles. The van der Waals surface area contributed by atoms with Gasteiger partial charge >= 0.3 is 0 Å². The molecule has 0 amide bonds. The second-order valence-electron chi connectivity index (χ2n) is 4.19. The molecule has 3 aromatic rings. The Hall–Kier alpha value is -2.42. The van der Waals surface area contributed by atoms with Crippen molar-refractivity contribution in [2.24, 2.45) is 0 Å². The lowest BCUT2D eigenvalue weighted by atomic mass is 10.0. The molecule has 1 aliphatic carbocycles. The Kier molecular flexibility index (Phi) is 1.45. The molecule has 0 unspecified atom stereocenters. The van der Waals surface area contributed by atoms with Gasteiger partial charge < -0.3 is 5.73 Å². The molecule has 0 spiro atoms. The quantitative estimate of drug-likeness (QED) is 0.494. The highest BCUT2D eigenvalue weighted by molar-refractivity contribution is 6.15. The van der Waals surface area contributed by atoms with Gasteiger partial charge in [-0.2, -0.15) is 0 Å². The minimum absolute atomic E-state index is 0.554. The Morgan fingerprint density at radius 1 is 0.882 bits per heavy atom. The predicted molar refractivity (Wildman–Crippen MR) is 68.4 cm³/mol. The molecule has 2 aromatic carbocycles. The van der Waals surface area contributed by atoms with Gasteiger partial charge in [0.05, 0.1) is 11.3 Å². The van der Waals surface area contributed by atoms with E-state index in [1.54, 1.807) is 0 Å². The molecular weight excluding hydrogens is 210 g/mol. The number of hydrogen-bond acceptors (Lipinski definition) is 3. The van der Waals surface area contributed by atoms with Gasteiger partial charge in [-0.05, 0) is 16.3 Å². The first-order chi connectivity index (χ1) is 8.36. The zero-order chi connectivity index (χ0) is 11.4. The summed E-state index contributed by atoms with van der Waals surface area (Å²) in [5.74, 6) is 0.554. The number of benzene rings is 2. The summed E-state index contributed by atoms with van der Waals surface area (Å²) < 4.78 is 0. The summed E-state index contributed by atoms with van der Waals surface area (Å²) in [4.78, 5) is 8.46. The number of fused-ring (bicyclic) bond motifs is 3. The zero-order valence-electron chi connectivity index (χ0n) is 9.01. The molecule has 3 heteroatoms. The minimum atomic E-state index is 0.554. The van der Waals surface area contributed by atoms with Crippen LogP contribution < -0.4 is 5.73 Å². The van der Waals surface area contributed by atoms with Crippen LogP contribution in [0.15, 0.2) is 42.7 Å². The second kappa shape index (κ2) is 2.83. The number of anilines is 1. The van der Waals surface area contributed by atoms with Crippen molar-refractivity contribution in [1.29, 1.82) is 0 Å². The van der Waals surface area contributed by atoms with Gasteiger partial charge in [0.25, 0.3) is 0 Å². The summed E-state index contributed by atoms with van der Waals surface area (Å²) in [5, 5.41) is 2.45. The Balaban J connectivity index is 2.31. The van der Waals surface area contributed by atoms with Crippen molar-refractivity contribution in [1.82, 2.24) is 9.97 Å². The lowest BCUT2D eigenvalue weighted by Crippen LogP contribution is -1.95. The van der Waals surface area contributed by atoms with Gasteiger partial charge in [-0.3, -0.25) is 0 Å². The third kappa shape index (κ3) is 0.959. The van der Waals surface area contributed by atoms with E-state index >= 15 is 0 Å². The predicted octanol–water partition coefficient (Wildman–Crippen LogP) is 2.86. The van der Waals surface area contributed by atoms with Crippen LogP contribution in [0, 0.1) is 0 Å². The highest BCUT2D eigenvalue weighted by Crippen LogP contribution is 2.47. The van der Waals surface area contributed by atoms with E-state index in [1.165, 1.54) is 17.1 Å². The number of hydrogen-bond donors (Lipinski definition) is 1. The van der Waals surface area contributed by atoms with Crippen LogP contribution in [0.2, 0.25) is 0 Å². The van der Waals surface area contributed by atoms with Crippen molar-refractivity contribution in [3.05, 3.63) is 42.7 Å². The number of nitrogens with zero attached hydrogens (tertiary/aromatic N) is 2. The van der Waals surface area contributed by atoms with E-state index in [9.17, 15) is 0 Å². The highest BCUT2D eigenvalue weighted by Gasteiger charge is 2.24. The summed E-state index contributed by atoms with van der Waals surface area (Å²) >= 11 is 0. The van der Waals surface area contributed by atoms with E-state index in [2.05, 4.69) is 40.3 Å². The third-order valence-corrected chi connectivity index (χ3v) is 3.31. The van der Waals surface area contributed by atoms with Crippen LogP contribution >= 0.6 is 0 Å². The maximum absolute atomic E-state index is 5.98. The van der Waals surface area contributed by atoms with Crippen molar-refractivity contribution in [2.75, 3.05) is 5.73 Å². The topological polar surface area (TPSA) is 51.8 Å². The first kappa shape index (κ1) is 8.70. The summed E-state index contributed by atoms with van der Waals surface area (Å²) in [7, 11) is 0. The smallest absolute Gasteiger partial charge is 0.135 e. The van der Waals surface area contributed by atoms with Gasteiger partial charge in [0.2, 0.25) is 0 Å². The molecule has 17 heavy (non-hydrogen) atoms. The van der Waals surface area contributed by atoms with E-state index in [0.717, 1.165) is 22.4 Å². The number of nitrogens with two attached hydrogens (primary N) is 1. The van der Waals surface area contributed by atoms with Crippen molar-refractivity contribution >= 4 is 16.6 Å². The largest absolute Gasteiger partial charge is 0.383 e. The van der Waals surface area contributed by atoms with Crippen LogP contribution in [-0.2, 0) is 0 Å². The van der Waals surface area contributed by atoms with Crippen LogP contribution in [0.25, 0.3) is 33.2 Å². The maximum Gasteiger partial charge on any atom is 0.135 e. The monoisotopic (exact) mass is 219 g/mol. The van der Waals surface area contributed by atoms with E-state index in [4.69, 9.17) is 5.73 Å². The standard InChI is InChI=1S/C14H9N3/c15-14-12-9-5-1-3-8-4-2-6-10(11(8)9)13(12)16-7-17-14/h1-7H,(H2,15,16,17). The fourth-order valence-corrected chi connectivity index (χ4v) is 2.62. The average Bonchev–Trinajstić information content (AvgIpc) is 2.69. The lowest BCUT2D eigenvalue weighted by molar-refractivity contribution is 1.19. The van der Waals surface area contributed by atoms with Crippen LogP contribution in [0.4, 0.5) is 5.82 Å². The molecule has 0 bridgehead atoms. The van der Waals surface area contributed by atoms with Crippen molar-refractivity contribution in [3.8, 4) is 22.4 Å². The van der Waals surface area contributed by atoms with Gasteiger partial charge in [-0.1, -0.05) is 36.4 Å². The van der Waals surface area contributed by atoms with Crippen LogP contribution in [-0.4, -0.2) is 9.97 Å². The summed E-state index contributed by atoms with van der Waals surface area (Å²) in [5.41, 5.74) is 10.2. The fraction of sp³-hybridized carbons (Fsp3) is 0. The Morgan fingerprint density at radius 2 is 1.65 bits per heavy atom. The molecule has 2 N–H and O–H groups in total. The van der Waals surface area contributed by atoms with E-state index in [-0.39, 0.29) is 0 Å². The lowest BCUT2D eigenvalue weighted by Gasteiger charge is -2.02. The second-order valence-corrected chi connectivity index (χ2v) is 4.19. The van der Waals surface area contributed by atoms with E-state index < -0.39 is 0 Å². The highest BCUT2D eigenvalue weighted by atomic mass is 14.9. The molecule has 3 nitrogen and oxygen atoms in total. The van der Waals surface area contributed by atoms with Crippen LogP contribution in [0.1, 0.15) is 0 Å².